The Morgan fingerprint density at radius 3 is 1.12 bits per heavy atom. The molecule has 4 aromatic heterocycles. The average molecular weight is 734 g/mol. The standard InChI is InChI=1S/C51H32N6/c1-2-17-33(18-3-1)34-25-16-32-47(55-41-26-10-4-19-35(41)36-20-5-11-27-42(36)55)48(34)49-52-50(56-43-28-12-6-21-37(43)38-22-7-13-29-44(38)56)54-51(53-49)57-45-30-14-8-23-39(45)40-24-9-15-31-46(40)57/h1-32H/i1D,2D,3D,17D,18D. The SMILES string of the molecule is [2H]c1c([2H])c([2H])c(-c2cccc(-n3c4ccccc4c4ccccc43)c2-c2nc(-n3c4ccccc4c4ccccc43)nc(-n3c4ccccc4c4ccccc43)n2)c([2H])c1[2H]. The molecule has 266 valence electrons. The molecule has 0 aliphatic heterocycles. The lowest BCUT2D eigenvalue weighted by molar-refractivity contribution is 0.892. The minimum Gasteiger partial charge on any atom is -0.308 e. The number of benzene rings is 8. The summed E-state index contributed by atoms with van der Waals surface area (Å²) in [6.45, 7) is 0. The molecule has 0 spiro atoms. The number of rotatable bonds is 5. The molecule has 0 aliphatic rings. The van der Waals surface area contributed by atoms with E-state index in [1.807, 2.05) is 84.9 Å². The highest BCUT2D eigenvalue weighted by Crippen LogP contribution is 2.41. The van der Waals surface area contributed by atoms with Crippen molar-refractivity contribution in [3.05, 3.63) is 194 Å². The molecule has 0 atom stereocenters. The molecule has 0 aliphatic carbocycles. The van der Waals surface area contributed by atoms with Gasteiger partial charge < -0.3 is 4.57 Å². The summed E-state index contributed by atoms with van der Waals surface area (Å²) < 4.78 is 50.8. The lowest BCUT2D eigenvalue weighted by Crippen LogP contribution is -2.11. The highest BCUT2D eigenvalue weighted by Gasteiger charge is 2.25. The first kappa shape index (κ1) is 26.9. The summed E-state index contributed by atoms with van der Waals surface area (Å²) in [6, 6.07) is 52.7. The minimum atomic E-state index is -0.466. The van der Waals surface area contributed by atoms with Gasteiger partial charge in [-0.25, -0.2) is 0 Å². The van der Waals surface area contributed by atoms with Crippen molar-refractivity contribution in [2.24, 2.45) is 0 Å². The minimum absolute atomic E-state index is 0.0471. The molecule has 0 saturated heterocycles. The average Bonchev–Trinajstić information content (AvgIpc) is 3.96. The third kappa shape index (κ3) is 4.68. The van der Waals surface area contributed by atoms with Crippen LogP contribution in [0.3, 0.4) is 0 Å². The van der Waals surface area contributed by atoms with Gasteiger partial charge >= 0.3 is 0 Å². The number of hydrogen-bond acceptors (Lipinski definition) is 3. The maximum absolute atomic E-state index is 9.27. The molecule has 57 heavy (non-hydrogen) atoms. The lowest BCUT2D eigenvalue weighted by atomic mass is 9.97. The van der Waals surface area contributed by atoms with Gasteiger partial charge in [0.05, 0.1) is 51.2 Å². The molecular formula is C51H32N6. The summed E-state index contributed by atoms with van der Waals surface area (Å²) in [6.07, 6.45) is 0. The van der Waals surface area contributed by atoms with Crippen molar-refractivity contribution in [1.82, 2.24) is 28.7 Å². The molecule has 0 bridgehead atoms. The predicted octanol–water partition coefficient (Wildman–Crippen LogP) is 12.5. The van der Waals surface area contributed by atoms with Crippen molar-refractivity contribution >= 4 is 65.4 Å². The number of fused-ring (bicyclic) bond motifs is 9. The van der Waals surface area contributed by atoms with Crippen molar-refractivity contribution in [3.63, 3.8) is 0 Å². The van der Waals surface area contributed by atoms with E-state index in [-0.39, 0.29) is 23.5 Å². The molecule has 0 amide bonds. The van der Waals surface area contributed by atoms with Crippen LogP contribution in [0.15, 0.2) is 194 Å². The van der Waals surface area contributed by atoms with E-state index < -0.39 is 18.1 Å². The van der Waals surface area contributed by atoms with Crippen molar-refractivity contribution in [2.75, 3.05) is 0 Å². The first-order chi connectivity index (χ1) is 30.4. The van der Waals surface area contributed by atoms with Crippen LogP contribution in [-0.2, 0) is 0 Å². The second-order valence-electron chi connectivity index (χ2n) is 14.1. The Balaban J connectivity index is 1.29. The molecule has 0 fully saturated rings. The summed E-state index contributed by atoms with van der Waals surface area (Å²) in [5, 5.41) is 6.22. The summed E-state index contributed by atoms with van der Waals surface area (Å²) in [4.78, 5) is 16.2. The van der Waals surface area contributed by atoms with Gasteiger partial charge in [-0.3, -0.25) is 9.13 Å². The van der Waals surface area contributed by atoms with E-state index in [4.69, 9.17) is 19.1 Å². The van der Waals surface area contributed by atoms with Gasteiger partial charge in [0, 0.05) is 32.3 Å². The van der Waals surface area contributed by atoms with Crippen molar-refractivity contribution in [3.8, 4) is 40.1 Å². The van der Waals surface area contributed by atoms with Crippen molar-refractivity contribution < 1.29 is 6.85 Å². The van der Waals surface area contributed by atoms with Crippen LogP contribution in [0.2, 0.25) is 0 Å². The van der Waals surface area contributed by atoms with E-state index >= 15 is 0 Å². The Bertz CT molecular complexity index is 3520. The van der Waals surface area contributed by atoms with E-state index in [0.717, 1.165) is 65.4 Å². The number of para-hydroxylation sites is 6. The van der Waals surface area contributed by atoms with Crippen molar-refractivity contribution in [1.29, 1.82) is 0 Å². The largest absolute Gasteiger partial charge is 0.308 e. The molecule has 4 heterocycles. The quantitative estimate of drug-likeness (QED) is 0.177. The Labute approximate surface area is 334 Å². The second kappa shape index (κ2) is 12.3. The molecular weight excluding hydrogens is 697 g/mol. The first-order valence-corrected chi connectivity index (χ1v) is 18.8. The Morgan fingerprint density at radius 1 is 0.351 bits per heavy atom. The van der Waals surface area contributed by atoms with Crippen LogP contribution in [0.25, 0.3) is 106 Å². The monoisotopic (exact) mass is 733 g/mol. The van der Waals surface area contributed by atoms with E-state index in [1.165, 1.54) is 0 Å². The van der Waals surface area contributed by atoms with Crippen LogP contribution < -0.4 is 0 Å². The molecule has 6 heteroatoms. The zero-order valence-corrected chi connectivity index (χ0v) is 30.3. The molecule has 12 aromatic rings. The predicted molar refractivity (Wildman–Crippen MR) is 234 cm³/mol. The fourth-order valence-electron chi connectivity index (χ4n) is 8.68. The number of nitrogens with zero attached hydrogens (tertiary/aromatic N) is 6. The summed E-state index contributed by atoms with van der Waals surface area (Å²) in [5.41, 5.74) is 7.03. The maximum atomic E-state index is 9.27. The Kier molecular flexibility index (Phi) is 5.82. The van der Waals surface area contributed by atoms with Gasteiger partial charge in [-0.1, -0.05) is 152 Å². The zero-order valence-electron chi connectivity index (χ0n) is 35.3. The smallest absolute Gasteiger partial charge is 0.240 e. The zero-order chi connectivity index (χ0) is 41.8. The fraction of sp³-hybridized carbons (Fsp3) is 0. The molecule has 6 nitrogen and oxygen atoms in total. The van der Waals surface area contributed by atoms with E-state index in [1.54, 1.807) is 6.07 Å². The number of aromatic nitrogens is 6. The highest BCUT2D eigenvalue weighted by molar-refractivity contribution is 6.11. The van der Waals surface area contributed by atoms with Crippen LogP contribution in [0, 0.1) is 0 Å². The third-order valence-electron chi connectivity index (χ3n) is 11.0. The summed E-state index contributed by atoms with van der Waals surface area (Å²) in [5.74, 6) is 0.967. The Hall–Kier alpha value is -7.83. The lowest BCUT2D eigenvalue weighted by Gasteiger charge is -2.19. The van der Waals surface area contributed by atoms with Gasteiger partial charge in [-0.05, 0) is 53.6 Å². The molecule has 0 saturated carbocycles. The number of hydrogen-bond donors (Lipinski definition) is 0. The van der Waals surface area contributed by atoms with Gasteiger partial charge in [0.15, 0.2) is 5.82 Å². The first-order valence-electron chi connectivity index (χ1n) is 21.3. The van der Waals surface area contributed by atoms with E-state index in [0.29, 0.717) is 28.7 Å². The molecule has 12 rings (SSSR count). The second-order valence-corrected chi connectivity index (χ2v) is 14.1. The van der Waals surface area contributed by atoms with Crippen LogP contribution in [0.1, 0.15) is 6.85 Å². The van der Waals surface area contributed by atoms with E-state index in [2.05, 4.69) is 86.5 Å². The van der Waals surface area contributed by atoms with Crippen LogP contribution in [-0.4, -0.2) is 28.7 Å². The van der Waals surface area contributed by atoms with Crippen LogP contribution in [0.5, 0.6) is 0 Å². The van der Waals surface area contributed by atoms with E-state index in [9.17, 15) is 2.74 Å². The normalized spacial score (nSPS) is 13.1. The molecule has 0 radical (unpaired) electrons. The highest BCUT2D eigenvalue weighted by atomic mass is 15.3. The molecule has 0 N–H and O–H groups in total. The molecule has 0 unspecified atom stereocenters. The summed E-state index contributed by atoms with van der Waals surface area (Å²) >= 11 is 0. The summed E-state index contributed by atoms with van der Waals surface area (Å²) in [7, 11) is 0. The van der Waals surface area contributed by atoms with Gasteiger partial charge in [0.2, 0.25) is 11.9 Å². The van der Waals surface area contributed by atoms with Gasteiger partial charge in [-0.15, -0.1) is 0 Å². The van der Waals surface area contributed by atoms with Crippen molar-refractivity contribution in [2.45, 2.75) is 0 Å². The topological polar surface area (TPSA) is 53.5 Å². The van der Waals surface area contributed by atoms with Gasteiger partial charge in [-0.2, -0.15) is 15.0 Å². The van der Waals surface area contributed by atoms with Crippen LogP contribution >= 0.6 is 0 Å². The van der Waals surface area contributed by atoms with Gasteiger partial charge in [0.1, 0.15) is 0 Å². The van der Waals surface area contributed by atoms with Crippen LogP contribution in [0.4, 0.5) is 0 Å². The fourth-order valence-corrected chi connectivity index (χ4v) is 8.68. The molecule has 8 aromatic carbocycles. The maximum Gasteiger partial charge on any atom is 0.240 e. The van der Waals surface area contributed by atoms with Gasteiger partial charge in [0.25, 0.3) is 0 Å². The Morgan fingerprint density at radius 2 is 0.719 bits per heavy atom. The third-order valence-corrected chi connectivity index (χ3v) is 11.0.